The fourth-order valence-electron chi connectivity index (χ4n) is 1.48. The molecule has 0 spiro atoms. The Bertz CT molecular complexity index is 330. The second kappa shape index (κ2) is 8.28. The predicted molar refractivity (Wildman–Crippen MR) is 70.7 cm³/mol. The summed E-state index contributed by atoms with van der Waals surface area (Å²) in [5.74, 6) is 0. The van der Waals surface area contributed by atoms with Gasteiger partial charge in [0, 0.05) is 10.3 Å². The molecule has 1 aromatic rings. The van der Waals surface area contributed by atoms with Gasteiger partial charge in [-0.15, -0.1) is 0 Å². The first-order chi connectivity index (χ1) is 7.84. The topological polar surface area (TPSA) is 17.1 Å². The summed E-state index contributed by atoms with van der Waals surface area (Å²) in [4.78, 5) is 0.882. The third-order valence-electron chi connectivity index (χ3n) is 2.42. The van der Waals surface area contributed by atoms with Crippen LogP contribution >= 0.6 is 0 Å². The normalized spacial score (nSPS) is 13.1. The molecule has 0 fully saturated rings. The summed E-state index contributed by atoms with van der Waals surface area (Å²) in [5.41, 5.74) is 0. The molecule has 16 heavy (non-hydrogen) atoms. The van der Waals surface area contributed by atoms with Crippen LogP contribution in [0.1, 0.15) is 39.0 Å². The van der Waals surface area contributed by atoms with E-state index in [4.69, 9.17) is 0 Å². The lowest BCUT2D eigenvalue weighted by Gasteiger charge is -1.96. The lowest BCUT2D eigenvalue weighted by atomic mass is 10.2. The van der Waals surface area contributed by atoms with Crippen LogP contribution in [0.2, 0.25) is 0 Å². The molecule has 0 heterocycles. The van der Waals surface area contributed by atoms with Gasteiger partial charge < -0.3 is 0 Å². The second-order valence-corrected chi connectivity index (χ2v) is 5.17. The molecule has 0 saturated heterocycles. The summed E-state index contributed by atoms with van der Waals surface area (Å²) in [6.45, 7) is 2.21. The molecule has 1 unspecified atom stereocenters. The molecule has 2 heteroatoms. The zero-order chi connectivity index (χ0) is 11.6. The van der Waals surface area contributed by atoms with Gasteiger partial charge in [0.25, 0.3) is 0 Å². The Morgan fingerprint density at radius 3 is 2.56 bits per heavy atom. The van der Waals surface area contributed by atoms with Gasteiger partial charge in [-0.2, -0.15) is 0 Å². The highest BCUT2D eigenvalue weighted by Crippen LogP contribution is 2.08. The van der Waals surface area contributed by atoms with Crippen molar-refractivity contribution in [3.63, 3.8) is 0 Å². The average molecular weight is 236 g/mol. The molecule has 0 aliphatic carbocycles. The van der Waals surface area contributed by atoms with Crippen LogP contribution < -0.4 is 0 Å². The smallest absolute Gasteiger partial charge is 0.0772 e. The minimum Gasteiger partial charge on any atom is -0.250 e. The van der Waals surface area contributed by atoms with Gasteiger partial charge in [0.2, 0.25) is 0 Å². The molecule has 0 aliphatic heterocycles. The Balaban J connectivity index is 2.27. The predicted octanol–water partition coefficient (Wildman–Crippen LogP) is 4.28. The first-order valence-corrected chi connectivity index (χ1v) is 7.18. The number of hydrogen-bond donors (Lipinski definition) is 0. The SMILES string of the molecule is CCCCCC/C=C/S(=O)c1ccccc1. The largest absolute Gasteiger partial charge is 0.250 e. The highest BCUT2D eigenvalue weighted by atomic mass is 32.2. The van der Waals surface area contributed by atoms with Crippen molar-refractivity contribution in [2.75, 3.05) is 0 Å². The number of allylic oxidation sites excluding steroid dienone is 1. The van der Waals surface area contributed by atoms with Gasteiger partial charge in [-0.05, 0) is 25.0 Å². The standard InChI is InChI=1S/C14H20OS/c1-2-3-4-5-6-10-13-16(15)14-11-8-7-9-12-14/h7-13H,2-6H2,1H3/b13-10+. The Morgan fingerprint density at radius 2 is 1.88 bits per heavy atom. The fourth-order valence-corrected chi connectivity index (χ4v) is 2.37. The van der Waals surface area contributed by atoms with Crippen molar-refractivity contribution in [2.24, 2.45) is 0 Å². The molecular formula is C14H20OS. The van der Waals surface area contributed by atoms with E-state index >= 15 is 0 Å². The van der Waals surface area contributed by atoms with Crippen molar-refractivity contribution >= 4 is 10.8 Å². The summed E-state index contributed by atoms with van der Waals surface area (Å²) in [7, 11) is -0.971. The molecule has 1 atom stereocenters. The Hall–Kier alpha value is -0.890. The van der Waals surface area contributed by atoms with Crippen molar-refractivity contribution in [1.29, 1.82) is 0 Å². The Labute approximate surface area is 101 Å². The quantitative estimate of drug-likeness (QED) is 0.646. The summed E-state index contributed by atoms with van der Waals surface area (Å²) in [5, 5.41) is 1.81. The molecule has 0 bridgehead atoms. The van der Waals surface area contributed by atoms with E-state index in [1.54, 1.807) is 5.41 Å². The van der Waals surface area contributed by atoms with Gasteiger partial charge in [0.15, 0.2) is 0 Å². The third kappa shape index (κ3) is 5.26. The zero-order valence-electron chi connectivity index (χ0n) is 9.89. The molecule has 0 aromatic heterocycles. The van der Waals surface area contributed by atoms with E-state index in [9.17, 15) is 4.21 Å². The van der Waals surface area contributed by atoms with E-state index in [2.05, 4.69) is 6.92 Å². The van der Waals surface area contributed by atoms with Crippen LogP contribution in [0.4, 0.5) is 0 Å². The summed E-state index contributed by atoms with van der Waals surface area (Å²) in [6, 6.07) is 9.58. The van der Waals surface area contributed by atoms with Crippen molar-refractivity contribution in [3.05, 3.63) is 41.8 Å². The van der Waals surface area contributed by atoms with Crippen molar-refractivity contribution in [1.82, 2.24) is 0 Å². The fraction of sp³-hybridized carbons (Fsp3) is 0.429. The van der Waals surface area contributed by atoms with Crippen LogP contribution in [-0.2, 0) is 10.8 Å². The average Bonchev–Trinajstić information content (AvgIpc) is 2.34. The molecule has 88 valence electrons. The third-order valence-corrected chi connectivity index (χ3v) is 3.60. The minimum atomic E-state index is -0.971. The molecule has 0 saturated carbocycles. The minimum absolute atomic E-state index is 0.882. The Kier molecular flexibility index (Phi) is 6.82. The molecule has 1 rings (SSSR count). The lowest BCUT2D eigenvalue weighted by Crippen LogP contribution is -1.84. The van der Waals surface area contributed by atoms with Gasteiger partial charge in [0.05, 0.1) is 10.8 Å². The highest BCUT2D eigenvalue weighted by molar-refractivity contribution is 7.88. The van der Waals surface area contributed by atoms with Crippen LogP contribution in [0.25, 0.3) is 0 Å². The summed E-state index contributed by atoms with van der Waals surface area (Å²) < 4.78 is 11.8. The zero-order valence-corrected chi connectivity index (χ0v) is 10.7. The van der Waals surface area contributed by atoms with E-state index in [0.29, 0.717) is 0 Å². The first-order valence-electron chi connectivity index (χ1n) is 5.97. The Morgan fingerprint density at radius 1 is 1.12 bits per heavy atom. The van der Waals surface area contributed by atoms with E-state index in [1.807, 2.05) is 36.4 Å². The van der Waals surface area contributed by atoms with Gasteiger partial charge in [-0.1, -0.05) is 50.5 Å². The van der Waals surface area contributed by atoms with E-state index in [-0.39, 0.29) is 0 Å². The van der Waals surface area contributed by atoms with Crippen molar-refractivity contribution < 1.29 is 4.21 Å². The maximum absolute atomic E-state index is 11.8. The van der Waals surface area contributed by atoms with Gasteiger partial charge >= 0.3 is 0 Å². The molecule has 1 aromatic carbocycles. The number of rotatable bonds is 7. The van der Waals surface area contributed by atoms with Crippen molar-refractivity contribution in [2.45, 2.75) is 43.9 Å². The maximum atomic E-state index is 11.8. The second-order valence-electron chi connectivity index (χ2n) is 3.83. The van der Waals surface area contributed by atoms with Crippen molar-refractivity contribution in [3.8, 4) is 0 Å². The van der Waals surface area contributed by atoms with E-state index in [1.165, 1.54) is 25.7 Å². The van der Waals surface area contributed by atoms with Gasteiger partial charge in [0.1, 0.15) is 0 Å². The lowest BCUT2D eigenvalue weighted by molar-refractivity contribution is 0.674. The maximum Gasteiger partial charge on any atom is 0.0772 e. The van der Waals surface area contributed by atoms with E-state index in [0.717, 1.165) is 11.3 Å². The van der Waals surface area contributed by atoms with E-state index < -0.39 is 10.8 Å². The monoisotopic (exact) mass is 236 g/mol. The van der Waals surface area contributed by atoms with Gasteiger partial charge in [-0.3, -0.25) is 0 Å². The van der Waals surface area contributed by atoms with Crippen LogP contribution in [0.5, 0.6) is 0 Å². The van der Waals surface area contributed by atoms with Crippen LogP contribution in [0.3, 0.4) is 0 Å². The molecule has 1 nitrogen and oxygen atoms in total. The van der Waals surface area contributed by atoms with Crippen LogP contribution in [0.15, 0.2) is 46.7 Å². The first kappa shape index (κ1) is 13.2. The number of hydrogen-bond acceptors (Lipinski definition) is 1. The summed E-state index contributed by atoms with van der Waals surface area (Å²) in [6.07, 6.45) is 8.13. The highest BCUT2D eigenvalue weighted by Gasteiger charge is 1.96. The summed E-state index contributed by atoms with van der Waals surface area (Å²) >= 11 is 0. The van der Waals surface area contributed by atoms with Crippen LogP contribution in [-0.4, -0.2) is 4.21 Å². The molecule has 0 amide bonds. The molecular weight excluding hydrogens is 216 g/mol. The van der Waals surface area contributed by atoms with Crippen LogP contribution in [0, 0.1) is 0 Å². The van der Waals surface area contributed by atoms with Gasteiger partial charge in [-0.25, -0.2) is 4.21 Å². The number of unbranched alkanes of at least 4 members (excludes halogenated alkanes) is 4. The molecule has 0 N–H and O–H groups in total. The molecule has 0 aliphatic rings. The molecule has 0 radical (unpaired) electrons. The number of benzene rings is 1.